The van der Waals surface area contributed by atoms with E-state index < -0.39 is 6.04 Å². The maximum absolute atomic E-state index is 13.0. The Morgan fingerprint density at radius 3 is 2.28 bits per heavy atom. The molecule has 2 aromatic carbocycles. The fraction of sp³-hybridized carbons (Fsp3) is 0.391. The van der Waals surface area contributed by atoms with Gasteiger partial charge in [-0.2, -0.15) is 0 Å². The molecule has 0 fully saturated rings. The smallest absolute Gasteiger partial charge is 0.242 e. The minimum Gasteiger partial charge on any atom is -0.354 e. The Balaban J connectivity index is 2.04. The number of thioether (sulfide) groups is 1. The number of rotatable bonds is 10. The van der Waals surface area contributed by atoms with Crippen molar-refractivity contribution in [3.05, 3.63) is 70.2 Å². The molecular weight excluding hydrogens is 448 g/mol. The maximum Gasteiger partial charge on any atom is 0.242 e. The second kappa shape index (κ2) is 12.0. The van der Waals surface area contributed by atoms with E-state index in [2.05, 4.69) is 47.2 Å². The van der Waals surface area contributed by atoms with E-state index in [9.17, 15) is 9.59 Å². The lowest BCUT2D eigenvalue weighted by molar-refractivity contribution is -0.138. The molecule has 29 heavy (non-hydrogen) atoms. The van der Waals surface area contributed by atoms with Crippen LogP contribution in [0.1, 0.15) is 31.9 Å². The third-order valence-corrected chi connectivity index (χ3v) is 5.97. The Labute approximate surface area is 186 Å². The summed E-state index contributed by atoms with van der Waals surface area (Å²) in [6.07, 6.45) is 0. The van der Waals surface area contributed by atoms with Crippen LogP contribution in [-0.2, 0) is 21.9 Å². The molecule has 0 saturated heterocycles. The topological polar surface area (TPSA) is 49.4 Å². The summed E-state index contributed by atoms with van der Waals surface area (Å²) >= 11 is 5.01. The van der Waals surface area contributed by atoms with Crippen molar-refractivity contribution in [2.24, 2.45) is 5.92 Å². The Hall–Kier alpha value is -1.79. The number of hydrogen-bond donors (Lipinski definition) is 1. The number of amides is 2. The summed E-state index contributed by atoms with van der Waals surface area (Å²) in [6.45, 7) is 6.92. The Kier molecular flexibility index (Phi) is 9.74. The van der Waals surface area contributed by atoms with Crippen LogP contribution in [0.2, 0.25) is 0 Å². The molecule has 4 nitrogen and oxygen atoms in total. The number of carbonyl (C=O) groups is 2. The lowest BCUT2D eigenvalue weighted by Crippen LogP contribution is -2.48. The van der Waals surface area contributed by atoms with E-state index in [1.54, 1.807) is 23.6 Å². The minimum atomic E-state index is -0.526. The van der Waals surface area contributed by atoms with Crippen LogP contribution in [0.3, 0.4) is 0 Å². The van der Waals surface area contributed by atoms with Crippen molar-refractivity contribution < 1.29 is 9.59 Å². The Morgan fingerprint density at radius 2 is 1.66 bits per heavy atom. The standard InChI is InChI=1S/C23H29BrN2O2S/c1-17(2)13-25-23(28)18(3)26(14-19-9-11-21(24)12-10-19)22(27)16-29-15-20-7-5-4-6-8-20/h4-12,17-18H,13-16H2,1-3H3,(H,25,28)/t18-/m0/s1. The summed E-state index contributed by atoms with van der Waals surface area (Å²) < 4.78 is 0.986. The molecule has 6 heteroatoms. The van der Waals surface area contributed by atoms with Gasteiger partial charge in [-0.25, -0.2) is 0 Å². The predicted molar refractivity (Wildman–Crippen MR) is 125 cm³/mol. The quantitative estimate of drug-likeness (QED) is 0.531. The van der Waals surface area contributed by atoms with Gasteiger partial charge in [0.2, 0.25) is 11.8 Å². The van der Waals surface area contributed by atoms with Crippen LogP contribution in [0.15, 0.2) is 59.1 Å². The molecule has 156 valence electrons. The van der Waals surface area contributed by atoms with Crippen molar-refractivity contribution in [3.63, 3.8) is 0 Å². The number of halogens is 1. The van der Waals surface area contributed by atoms with Gasteiger partial charge in [-0.05, 0) is 36.1 Å². The highest BCUT2D eigenvalue weighted by molar-refractivity contribution is 9.10. The largest absolute Gasteiger partial charge is 0.354 e. The Bertz CT molecular complexity index is 781. The van der Waals surface area contributed by atoms with Crippen molar-refractivity contribution in [2.45, 2.75) is 39.1 Å². The van der Waals surface area contributed by atoms with Crippen LogP contribution in [0.4, 0.5) is 0 Å². The van der Waals surface area contributed by atoms with E-state index in [-0.39, 0.29) is 11.8 Å². The molecule has 1 atom stereocenters. The molecule has 0 saturated carbocycles. The summed E-state index contributed by atoms with van der Waals surface area (Å²) in [5, 5.41) is 2.95. The lowest BCUT2D eigenvalue weighted by atomic mass is 10.1. The van der Waals surface area contributed by atoms with Gasteiger partial charge in [0.15, 0.2) is 0 Å². The van der Waals surface area contributed by atoms with E-state index >= 15 is 0 Å². The lowest BCUT2D eigenvalue weighted by Gasteiger charge is -2.29. The highest BCUT2D eigenvalue weighted by atomic mass is 79.9. The molecule has 0 radical (unpaired) electrons. The monoisotopic (exact) mass is 476 g/mol. The van der Waals surface area contributed by atoms with Gasteiger partial charge in [-0.3, -0.25) is 9.59 Å². The first-order chi connectivity index (χ1) is 13.9. The average Bonchev–Trinajstić information content (AvgIpc) is 2.71. The normalized spacial score (nSPS) is 11.9. The second-order valence-electron chi connectivity index (χ2n) is 7.44. The van der Waals surface area contributed by atoms with Crippen LogP contribution in [-0.4, -0.2) is 35.1 Å². The molecule has 1 N–H and O–H groups in total. The van der Waals surface area contributed by atoms with E-state index in [0.29, 0.717) is 24.8 Å². The molecule has 2 aromatic rings. The third kappa shape index (κ3) is 8.23. The summed E-state index contributed by atoms with van der Waals surface area (Å²) in [7, 11) is 0. The van der Waals surface area contributed by atoms with Gasteiger partial charge in [0, 0.05) is 23.3 Å². The predicted octanol–water partition coefficient (Wildman–Crippen LogP) is 4.87. The first-order valence-electron chi connectivity index (χ1n) is 9.80. The molecule has 0 aliphatic rings. The minimum absolute atomic E-state index is 0.0268. The molecule has 2 rings (SSSR count). The molecule has 0 aromatic heterocycles. The zero-order valence-corrected chi connectivity index (χ0v) is 19.6. The van der Waals surface area contributed by atoms with E-state index in [1.807, 2.05) is 42.5 Å². The van der Waals surface area contributed by atoms with E-state index in [4.69, 9.17) is 0 Å². The molecule has 0 aliphatic heterocycles. The van der Waals surface area contributed by atoms with Gasteiger partial charge >= 0.3 is 0 Å². The molecular formula is C23H29BrN2O2S. The molecule has 0 spiro atoms. The van der Waals surface area contributed by atoms with Crippen LogP contribution < -0.4 is 5.32 Å². The fourth-order valence-electron chi connectivity index (χ4n) is 2.73. The van der Waals surface area contributed by atoms with Gasteiger partial charge in [0.25, 0.3) is 0 Å². The molecule has 2 amide bonds. The highest BCUT2D eigenvalue weighted by Gasteiger charge is 2.26. The number of carbonyl (C=O) groups excluding carboxylic acids is 2. The summed E-state index contributed by atoms with van der Waals surface area (Å²) in [6, 6.07) is 17.4. The molecule has 0 heterocycles. The average molecular weight is 477 g/mol. The first-order valence-corrected chi connectivity index (χ1v) is 11.7. The van der Waals surface area contributed by atoms with Crippen molar-refractivity contribution >= 4 is 39.5 Å². The summed E-state index contributed by atoms with van der Waals surface area (Å²) in [4.78, 5) is 27.3. The number of nitrogens with zero attached hydrogens (tertiary/aromatic N) is 1. The van der Waals surface area contributed by atoms with Crippen LogP contribution in [0.5, 0.6) is 0 Å². The van der Waals surface area contributed by atoms with Crippen LogP contribution in [0.25, 0.3) is 0 Å². The van der Waals surface area contributed by atoms with Crippen molar-refractivity contribution in [1.82, 2.24) is 10.2 Å². The molecule has 0 aliphatic carbocycles. The SMILES string of the molecule is CC(C)CNC(=O)[C@H](C)N(Cc1ccc(Br)cc1)C(=O)CSCc1ccccc1. The van der Waals surface area contributed by atoms with Gasteiger partial charge < -0.3 is 10.2 Å². The highest BCUT2D eigenvalue weighted by Crippen LogP contribution is 2.17. The maximum atomic E-state index is 13.0. The zero-order chi connectivity index (χ0) is 21.2. The van der Waals surface area contributed by atoms with Gasteiger partial charge in [0.1, 0.15) is 6.04 Å². The van der Waals surface area contributed by atoms with E-state index in [0.717, 1.165) is 15.8 Å². The fourth-order valence-corrected chi connectivity index (χ4v) is 3.87. The van der Waals surface area contributed by atoms with Crippen molar-refractivity contribution in [2.75, 3.05) is 12.3 Å². The zero-order valence-electron chi connectivity index (χ0n) is 17.2. The van der Waals surface area contributed by atoms with Crippen molar-refractivity contribution in [3.8, 4) is 0 Å². The van der Waals surface area contributed by atoms with Crippen molar-refractivity contribution in [1.29, 1.82) is 0 Å². The summed E-state index contributed by atoms with van der Waals surface area (Å²) in [5.41, 5.74) is 2.19. The molecule has 0 unspecified atom stereocenters. The third-order valence-electron chi connectivity index (χ3n) is 4.46. The number of benzene rings is 2. The molecule has 0 bridgehead atoms. The van der Waals surface area contributed by atoms with Gasteiger partial charge in [-0.1, -0.05) is 72.2 Å². The van der Waals surface area contributed by atoms with Crippen LogP contribution in [0, 0.1) is 5.92 Å². The van der Waals surface area contributed by atoms with E-state index in [1.165, 1.54) is 5.56 Å². The summed E-state index contributed by atoms with van der Waals surface area (Å²) in [5.74, 6) is 1.33. The van der Waals surface area contributed by atoms with Crippen LogP contribution >= 0.6 is 27.7 Å². The van der Waals surface area contributed by atoms with Gasteiger partial charge in [-0.15, -0.1) is 11.8 Å². The first kappa shape index (κ1) is 23.5. The van der Waals surface area contributed by atoms with Gasteiger partial charge in [0.05, 0.1) is 5.75 Å². The second-order valence-corrected chi connectivity index (χ2v) is 9.34. The number of hydrogen-bond acceptors (Lipinski definition) is 3. The number of nitrogens with one attached hydrogen (secondary N) is 1. The Morgan fingerprint density at radius 1 is 1.00 bits per heavy atom.